The molecule has 5 heteroatoms. The van der Waals surface area contributed by atoms with Gasteiger partial charge in [0.15, 0.2) is 5.43 Å². The van der Waals surface area contributed by atoms with E-state index in [-0.39, 0.29) is 17.9 Å². The van der Waals surface area contributed by atoms with Gasteiger partial charge in [-0.2, -0.15) is 0 Å². The van der Waals surface area contributed by atoms with Gasteiger partial charge in [0.05, 0.1) is 5.52 Å². The van der Waals surface area contributed by atoms with Crippen LogP contribution >= 0.6 is 15.9 Å². The number of rotatable bonds is 2. The number of nitrogens with zero attached hydrogens (tertiary/aromatic N) is 2. The third kappa shape index (κ3) is 3.12. The molecule has 0 saturated heterocycles. The van der Waals surface area contributed by atoms with Crippen LogP contribution in [-0.4, -0.2) is 21.9 Å². The zero-order valence-corrected chi connectivity index (χ0v) is 15.2. The molecule has 1 aliphatic heterocycles. The van der Waals surface area contributed by atoms with Crippen molar-refractivity contribution in [2.45, 2.75) is 19.5 Å². The quantitative estimate of drug-likeness (QED) is 0.666. The van der Waals surface area contributed by atoms with Crippen molar-refractivity contribution in [3.05, 3.63) is 80.6 Å². The third-order valence-electron chi connectivity index (χ3n) is 4.73. The predicted octanol–water partition coefficient (Wildman–Crippen LogP) is 3.35. The summed E-state index contributed by atoms with van der Waals surface area (Å²) in [6.45, 7) is 1.62. The van der Waals surface area contributed by atoms with Gasteiger partial charge in [0.1, 0.15) is 6.54 Å². The van der Waals surface area contributed by atoms with Crippen LogP contribution in [0.4, 0.5) is 0 Å². The van der Waals surface area contributed by atoms with Gasteiger partial charge in [-0.1, -0.05) is 40.2 Å². The van der Waals surface area contributed by atoms with Gasteiger partial charge in [0, 0.05) is 35.2 Å². The summed E-state index contributed by atoms with van der Waals surface area (Å²) in [6, 6.07) is 15.4. The van der Waals surface area contributed by atoms with E-state index in [0.717, 1.165) is 23.0 Å². The predicted molar refractivity (Wildman–Crippen MR) is 101 cm³/mol. The molecule has 0 bridgehead atoms. The van der Waals surface area contributed by atoms with Crippen molar-refractivity contribution >= 4 is 32.7 Å². The number of pyridine rings is 1. The molecule has 25 heavy (non-hydrogen) atoms. The summed E-state index contributed by atoms with van der Waals surface area (Å²) in [5, 5.41) is 0.619. The molecule has 2 aromatic carbocycles. The second-order valence-corrected chi connectivity index (χ2v) is 7.22. The lowest BCUT2D eigenvalue weighted by Gasteiger charge is -2.29. The molecule has 0 aliphatic carbocycles. The number of carbonyl (C=O) groups excluding carboxylic acids is 1. The van der Waals surface area contributed by atoms with Gasteiger partial charge in [-0.25, -0.2) is 0 Å². The van der Waals surface area contributed by atoms with Crippen molar-refractivity contribution in [2.24, 2.45) is 0 Å². The van der Waals surface area contributed by atoms with E-state index >= 15 is 0 Å². The Morgan fingerprint density at radius 2 is 1.88 bits per heavy atom. The van der Waals surface area contributed by atoms with E-state index in [9.17, 15) is 9.59 Å². The first-order chi connectivity index (χ1) is 12.1. The van der Waals surface area contributed by atoms with Gasteiger partial charge in [0.25, 0.3) is 0 Å². The fourth-order valence-corrected chi connectivity index (χ4v) is 3.74. The van der Waals surface area contributed by atoms with E-state index < -0.39 is 0 Å². The van der Waals surface area contributed by atoms with E-state index in [4.69, 9.17) is 0 Å². The molecule has 0 saturated carbocycles. The molecule has 4 rings (SSSR count). The van der Waals surface area contributed by atoms with Crippen molar-refractivity contribution < 1.29 is 4.79 Å². The Kier molecular flexibility index (Phi) is 4.17. The molecule has 0 unspecified atom stereocenters. The normalized spacial score (nSPS) is 13.7. The smallest absolute Gasteiger partial charge is 0.242 e. The van der Waals surface area contributed by atoms with Gasteiger partial charge < -0.3 is 9.47 Å². The summed E-state index contributed by atoms with van der Waals surface area (Å²) in [7, 11) is 0. The van der Waals surface area contributed by atoms with Gasteiger partial charge >= 0.3 is 0 Å². The standard InChI is InChI=1S/C20H17BrN2O2/c21-16-5-6-18-17(11-16)19(24)8-10-22(18)13-20(25)23-9-7-14-3-1-2-4-15(14)12-23/h1-6,8,10-11H,7,9,12-13H2. The molecule has 1 aromatic heterocycles. The molecule has 3 aromatic rings. The summed E-state index contributed by atoms with van der Waals surface area (Å²) in [5.74, 6) is 0.0716. The fraction of sp³-hybridized carbons (Fsp3) is 0.200. The van der Waals surface area contributed by atoms with Crippen LogP contribution in [0.15, 0.2) is 64.0 Å². The number of carbonyl (C=O) groups is 1. The number of fused-ring (bicyclic) bond motifs is 2. The molecule has 0 spiro atoms. The lowest BCUT2D eigenvalue weighted by atomic mass is 10.00. The molecule has 0 radical (unpaired) electrons. The zero-order valence-electron chi connectivity index (χ0n) is 13.6. The van der Waals surface area contributed by atoms with Crippen LogP contribution in [0.2, 0.25) is 0 Å². The van der Waals surface area contributed by atoms with Crippen LogP contribution < -0.4 is 5.43 Å². The average Bonchev–Trinajstić information content (AvgIpc) is 2.63. The first-order valence-electron chi connectivity index (χ1n) is 8.25. The van der Waals surface area contributed by atoms with Crippen LogP contribution in [-0.2, 0) is 24.3 Å². The fourth-order valence-electron chi connectivity index (χ4n) is 3.38. The molecule has 126 valence electrons. The number of hydrogen-bond donors (Lipinski definition) is 0. The van der Waals surface area contributed by atoms with Gasteiger partial charge in [-0.05, 0) is 35.7 Å². The monoisotopic (exact) mass is 396 g/mol. The Morgan fingerprint density at radius 1 is 1.08 bits per heavy atom. The molecule has 2 heterocycles. The van der Waals surface area contributed by atoms with Gasteiger partial charge in [-0.15, -0.1) is 0 Å². The highest BCUT2D eigenvalue weighted by molar-refractivity contribution is 9.10. The summed E-state index contributed by atoms with van der Waals surface area (Å²) >= 11 is 3.40. The van der Waals surface area contributed by atoms with Crippen molar-refractivity contribution in [2.75, 3.05) is 6.54 Å². The zero-order chi connectivity index (χ0) is 17.4. The maximum Gasteiger partial charge on any atom is 0.242 e. The topological polar surface area (TPSA) is 42.3 Å². The molecule has 0 N–H and O–H groups in total. The number of amides is 1. The maximum absolute atomic E-state index is 12.8. The second-order valence-electron chi connectivity index (χ2n) is 6.30. The molecule has 0 atom stereocenters. The van der Waals surface area contributed by atoms with Gasteiger partial charge in [0.2, 0.25) is 5.91 Å². The Bertz CT molecular complexity index is 1030. The highest BCUT2D eigenvalue weighted by Gasteiger charge is 2.20. The van der Waals surface area contributed by atoms with Gasteiger partial charge in [-0.3, -0.25) is 9.59 Å². The number of hydrogen-bond acceptors (Lipinski definition) is 2. The summed E-state index contributed by atoms with van der Waals surface area (Å²) in [6.07, 6.45) is 2.59. The Balaban J connectivity index is 1.61. The Morgan fingerprint density at radius 3 is 2.72 bits per heavy atom. The first kappa shape index (κ1) is 16.1. The molecular formula is C20H17BrN2O2. The van der Waals surface area contributed by atoms with Crippen LogP contribution in [0, 0.1) is 0 Å². The molecule has 1 aliphatic rings. The lowest BCUT2D eigenvalue weighted by molar-refractivity contribution is -0.132. The highest BCUT2D eigenvalue weighted by Crippen LogP contribution is 2.20. The van der Waals surface area contributed by atoms with Crippen LogP contribution in [0.5, 0.6) is 0 Å². The molecule has 0 fully saturated rings. The second kappa shape index (κ2) is 6.48. The van der Waals surface area contributed by atoms with E-state index in [1.807, 2.05) is 33.7 Å². The van der Waals surface area contributed by atoms with Crippen molar-refractivity contribution in [1.29, 1.82) is 0 Å². The maximum atomic E-state index is 12.8. The first-order valence-corrected chi connectivity index (χ1v) is 9.04. The molecule has 4 nitrogen and oxygen atoms in total. The summed E-state index contributed by atoms with van der Waals surface area (Å²) in [4.78, 5) is 26.8. The van der Waals surface area contributed by atoms with Crippen LogP contribution in [0.1, 0.15) is 11.1 Å². The largest absolute Gasteiger partial charge is 0.338 e. The van der Waals surface area contributed by atoms with Crippen molar-refractivity contribution in [3.8, 4) is 0 Å². The number of aromatic nitrogens is 1. The summed E-state index contributed by atoms with van der Waals surface area (Å²) in [5.41, 5.74) is 3.29. The average molecular weight is 397 g/mol. The Labute approximate surface area is 153 Å². The third-order valence-corrected chi connectivity index (χ3v) is 5.22. The Hall–Kier alpha value is -2.40. The van der Waals surface area contributed by atoms with E-state index in [2.05, 4.69) is 28.1 Å². The van der Waals surface area contributed by atoms with Crippen molar-refractivity contribution in [3.63, 3.8) is 0 Å². The van der Waals surface area contributed by atoms with Crippen LogP contribution in [0.3, 0.4) is 0 Å². The minimum Gasteiger partial charge on any atom is -0.338 e. The van der Waals surface area contributed by atoms with Crippen molar-refractivity contribution in [1.82, 2.24) is 9.47 Å². The van der Waals surface area contributed by atoms with E-state index in [0.29, 0.717) is 11.9 Å². The lowest BCUT2D eigenvalue weighted by Crippen LogP contribution is -2.38. The minimum absolute atomic E-state index is 0.0353. The summed E-state index contributed by atoms with van der Waals surface area (Å²) < 4.78 is 2.71. The van der Waals surface area contributed by atoms with E-state index in [1.54, 1.807) is 12.3 Å². The van der Waals surface area contributed by atoms with Crippen LogP contribution in [0.25, 0.3) is 10.9 Å². The number of halogens is 1. The SMILES string of the molecule is O=C(Cn1ccc(=O)c2cc(Br)ccc21)N1CCc2ccccc2C1. The van der Waals surface area contributed by atoms with E-state index in [1.165, 1.54) is 17.2 Å². The molecular weight excluding hydrogens is 380 g/mol. The molecule has 1 amide bonds. The number of benzene rings is 2. The minimum atomic E-state index is -0.0353. The highest BCUT2D eigenvalue weighted by atomic mass is 79.9.